The van der Waals surface area contributed by atoms with Crippen LogP contribution in [0.3, 0.4) is 0 Å². The van der Waals surface area contributed by atoms with Gasteiger partial charge < -0.3 is 44.0 Å². The van der Waals surface area contributed by atoms with Gasteiger partial charge in [0.25, 0.3) is 0 Å². The van der Waals surface area contributed by atoms with Gasteiger partial charge in [-0.25, -0.2) is 0 Å². The number of aldehydes is 1. The summed E-state index contributed by atoms with van der Waals surface area (Å²) >= 11 is 0. The van der Waals surface area contributed by atoms with Crippen LogP contribution >= 0.6 is 0 Å². The highest BCUT2D eigenvalue weighted by atomic mass is 16.7. The molecule has 11 heteroatoms. The van der Waals surface area contributed by atoms with Gasteiger partial charge in [-0.15, -0.1) is 0 Å². The summed E-state index contributed by atoms with van der Waals surface area (Å²) < 4.78 is 23.9. The third-order valence-electron chi connectivity index (χ3n) is 9.35. The second kappa shape index (κ2) is 13.9. The number of rotatable bonds is 6. The number of epoxide rings is 1. The normalized spacial score (nSPS) is 46.5. The molecule has 3 aliphatic heterocycles. The SMILES string of the molecule is CC[C@H]1OC(=O)C[C@@H](O)[C@H](C)[C@@H](OC2OC(C)CC(N(C)C)C2O)[C@](O)(CC=O)C[C@@H](C)C(=O)/C=C/[C@]2(C)O[C@H]2[C@@H]1C. The van der Waals surface area contributed by atoms with Gasteiger partial charge in [-0.05, 0) is 59.4 Å². The Hall–Kier alpha value is -1.73. The number of likely N-dealkylation sites (N-methyl/N-ethyl adjacent to an activating group) is 1. The minimum Gasteiger partial charge on any atom is -0.462 e. The van der Waals surface area contributed by atoms with Gasteiger partial charge in [-0.1, -0.05) is 27.7 Å². The molecule has 3 aliphatic rings. The molecule has 0 aliphatic carbocycles. The maximum Gasteiger partial charge on any atom is 0.308 e. The number of hydrogen-bond acceptors (Lipinski definition) is 11. The Morgan fingerprint density at radius 1 is 1.14 bits per heavy atom. The number of carbonyl (C=O) groups excluding carboxylic acids is 3. The molecule has 0 spiro atoms. The molecule has 0 aromatic heterocycles. The zero-order valence-corrected chi connectivity index (χ0v) is 26.3. The summed E-state index contributed by atoms with van der Waals surface area (Å²) in [5.74, 6) is -2.70. The van der Waals surface area contributed by atoms with Crippen molar-refractivity contribution in [2.24, 2.45) is 17.8 Å². The summed E-state index contributed by atoms with van der Waals surface area (Å²) in [6.07, 6.45) is -2.19. The Bertz CT molecular complexity index is 989. The molecule has 0 aromatic carbocycles. The highest BCUT2D eigenvalue weighted by Gasteiger charge is 2.55. The lowest BCUT2D eigenvalue weighted by atomic mass is 9.76. The topological polar surface area (TPSA) is 155 Å². The molecule has 42 heavy (non-hydrogen) atoms. The summed E-state index contributed by atoms with van der Waals surface area (Å²) in [5.41, 5.74) is -2.65. The van der Waals surface area contributed by atoms with Crippen LogP contribution in [0.1, 0.15) is 73.6 Å². The van der Waals surface area contributed by atoms with Gasteiger partial charge in [-0.2, -0.15) is 0 Å². The Balaban J connectivity index is 2.01. The lowest BCUT2D eigenvalue weighted by Gasteiger charge is -2.46. The zero-order valence-electron chi connectivity index (χ0n) is 26.3. The molecule has 0 amide bonds. The molecule has 0 radical (unpaired) electrons. The van der Waals surface area contributed by atoms with Gasteiger partial charge in [0, 0.05) is 30.2 Å². The largest absolute Gasteiger partial charge is 0.462 e. The van der Waals surface area contributed by atoms with E-state index in [0.717, 1.165) is 0 Å². The van der Waals surface area contributed by atoms with Crippen LogP contribution in [-0.2, 0) is 33.3 Å². The number of ketones is 1. The van der Waals surface area contributed by atoms with Crippen molar-refractivity contribution >= 4 is 18.0 Å². The van der Waals surface area contributed by atoms with E-state index in [1.807, 2.05) is 46.7 Å². The van der Waals surface area contributed by atoms with Crippen LogP contribution in [0.2, 0.25) is 0 Å². The fraction of sp³-hybridized carbons (Fsp3) is 0.839. The average Bonchev–Trinajstić information content (AvgIpc) is 3.60. The van der Waals surface area contributed by atoms with Crippen molar-refractivity contribution in [3.63, 3.8) is 0 Å². The van der Waals surface area contributed by atoms with Crippen molar-refractivity contribution in [2.45, 2.75) is 134 Å². The van der Waals surface area contributed by atoms with Crippen molar-refractivity contribution in [3.8, 4) is 0 Å². The average molecular weight is 598 g/mol. The maximum atomic E-state index is 13.2. The molecular weight excluding hydrogens is 546 g/mol. The minimum atomic E-state index is -1.94. The van der Waals surface area contributed by atoms with Crippen molar-refractivity contribution < 1.29 is 48.7 Å². The van der Waals surface area contributed by atoms with Crippen molar-refractivity contribution in [2.75, 3.05) is 14.1 Å². The predicted octanol–water partition coefficient (Wildman–Crippen LogP) is 1.79. The third-order valence-corrected chi connectivity index (χ3v) is 9.35. The summed E-state index contributed by atoms with van der Waals surface area (Å²) in [6.45, 7) is 10.8. The Kier molecular flexibility index (Phi) is 11.5. The number of hydrogen-bond donors (Lipinski definition) is 3. The van der Waals surface area contributed by atoms with Gasteiger partial charge in [0.05, 0.1) is 36.4 Å². The molecule has 2 fully saturated rings. The van der Waals surface area contributed by atoms with E-state index in [4.69, 9.17) is 18.9 Å². The first-order chi connectivity index (χ1) is 19.6. The standard InChI is InChI=1S/C31H51NO10/c1-9-24-20(5)27-30(6,42-27)11-10-22(34)17(2)16-31(38,12-13-33)28(19(4)23(35)15-25(36)40-24)41-29-26(37)21(32(7)8)14-18(3)39-29/h10-11,13,17-21,23-24,26-29,35,37-38H,9,12,14-16H2,1-8H3/b11-10+/t17-,18?,19+,20-,21?,23-,24-,26?,27+,28-,29?,30+,31+/m1/s1. The van der Waals surface area contributed by atoms with Crippen LogP contribution in [0, 0.1) is 17.8 Å². The number of ether oxygens (including phenoxy) is 4. The summed E-state index contributed by atoms with van der Waals surface area (Å²) in [7, 11) is 3.66. The van der Waals surface area contributed by atoms with Crippen LogP contribution in [-0.4, -0.2) is 113 Å². The van der Waals surface area contributed by atoms with Crippen LogP contribution in [0.5, 0.6) is 0 Å². The smallest absolute Gasteiger partial charge is 0.308 e. The van der Waals surface area contributed by atoms with Crippen LogP contribution in [0.25, 0.3) is 0 Å². The number of esters is 1. The van der Waals surface area contributed by atoms with Crippen LogP contribution < -0.4 is 0 Å². The minimum absolute atomic E-state index is 0.158. The van der Waals surface area contributed by atoms with Gasteiger partial charge >= 0.3 is 5.97 Å². The number of aliphatic hydroxyl groups excluding tert-OH is 2. The van der Waals surface area contributed by atoms with Crippen LogP contribution in [0.15, 0.2) is 12.2 Å². The molecule has 240 valence electrons. The van der Waals surface area contributed by atoms with Crippen molar-refractivity contribution in [1.29, 1.82) is 0 Å². The first kappa shape index (κ1) is 34.8. The highest BCUT2D eigenvalue weighted by Crippen LogP contribution is 2.45. The molecule has 11 nitrogen and oxygen atoms in total. The molecule has 3 N–H and O–H groups in total. The molecule has 13 atom stereocenters. The Morgan fingerprint density at radius 2 is 1.81 bits per heavy atom. The molecule has 3 rings (SSSR count). The number of carbonyl (C=O) groups is 3. The second-order valence-corrected chi connectivity index (χ2v) is 13.1. The Labute approximate surface area is 249 Å². The van der Waals surface area contributed by atoms with E-state index in [1.165, 1.54) is 6.08 Å². The molecular formula is C31H51NO10. The molecule has 0 bridgehead atoms. The number of aliphatic hydroxyl groups is 3. The van der Waals surface area contributed by atoms with E-state index in [2.05, 4.69) is 0 Å². The molecule has 2 saturated heterocycles. The van der Waals surface area contributed by atoms with Gasteiger partial charge in [0.1, 0.15) is 24.1 Å². The van der Waals surface area contributed by atoms with E-state index in [9.17, 15) is 29.7 Å². The van der Waals surface area contributed by atoms with E-state index >= 15 is 0 Å². The molecule has 3 heterocycles. The highest BCUT2D eigenvalue weighted by molar-refractivity contribution is 5.91. The first-order valence-electron chi connectivity index (χ1n) is 15.2. The number of nitrogens with zero attached hydrogens (tertiary/aromatic N) is 1. The number of allylic oxidation sites excluding steroid dienone is 1. The second-order valence-electron chi connectivity index (χ2n) is 13.1. The van der Waals surface area contributed by atoms with Gasteiger partial charge in [-0.3, -0.25) is 9.59 Å². The van der Waals surface area contributed by atoms with E-state index < -0.39 is 66.1 Å². The first-order valence-corrected chi connectivity index (χ1v) is 15.2. The monoisotopic (exact) mass is 597 g/mol. The lowest BCUT2D eigenvalue weighted by molar-refractivity contribution is -0.299. The van der Waals surface area contributed by atoms with E-state index in [1.54, 1.807) is 19.9 Å². The van der Waals surface area contributed by atoms with E-state index in [0.29, 0.717) is 19.1 Å². The fourth-order valence-corrected chi connectivity index (χ4v) is 6.58. The quantitative estimate of drug-likeness (QED) is 0.233. The molecule has 0 saturated carbocycles. The zero-order chi connectivity index (χ0) is 31.6. The summed E-state index contributed by atoms with van der Waals surface area (Å²) in [6, 6.07) is -0.312. The van der Waals surface area contributed by atoms with Crippen molar-refractivity contribution in [3.05, 3.63) is 12.2 Å². The maximum absolute atomic E-state index is 13.2. The van der Waals surface area contributed by atoms with Gasteiger partial charge in [0.15, 0.2) is 12.1 Å². The molecule has 4 unspecified atom stereocenters. The Morgan fingerprint density at radius 3 is 2.40 bits per heavy atom. The predicted molar refractivity (Wildman–Crippen MR) is 153 cm³/mol. The fourth-order valence-electron chi connectivity index (χ4n) is 6.58. The number of cyclic esters (lactones) is 1. The summed E-state index contributed by atoms with van der Waals surface area (Å²) in [4.78, 5) is 40.0. The number of fused-ring (bicyclic) bond motifs is 1. The summed E-state index contributed by atoms with van der Waals surface area (Å²) in [5, 5.41) is 34.5. The lowest BCUT2D eigenvalue weighted by Crippen LogP contribution is -2.59. The van der Waals surface area contributed by atoms with Gasteiger partial charge in [0.2, 0.25) is 0 Å². The van der Waals surface area contributed by atoms with E-state index in [-0.39, 0.29) is 42.8 Å². The van der Waals surface area contributed by atoms with Crippen molar-refractivity contribution in [1.82, 2.24) is 4.90 Å². The third kappa shape index (κ3) is 7.85. The molecule has 0 aromatic rings. The van der Waals surface area contributed by atoms with Crippen LogP contribution in [0.4, 0.5) is 0 Å².